The highest BCUT2D eigenvalue weighted by Crippen LogP contribution is 2.17. The Bertz CT molecular complexity index is 372. The molecule has 1 aromatic rings. The molecule has 0 N–H and O–H groups in total. The summed E-state index contributed by atoms with van der Waals surface area (Å²) in [4.78, 5) is 0.776. The van der Waals surface area contributed by atoms with Crippen molar-refractivity contribution in [3.05, 3.63) is 24.3 Å². The second kappa shape index (κ2) is 11.0. The highest BCUT2D eigenvalue weighted by Gasteiger charge is 2.08. The van der Waals surface area contributed by atoms with E-state index in [9.17, 15) is 8.42 Å². The Balaban J connectivity index is -0.0000000807. The first-order valence-electron chi connectivity index (χ1n) is 3.00. The molecule has 2 nitrogen and oxygen atoms in total. The van der Waals surface area contributed by atoms with Crippen molar-refractivity contribution >= 4 is 34.9 Å². The van der Waals surface area contributed by atoms with Crippen LogP contribution in [0.1, 0.15) is 0 Å². The fourth-order valence-electron chi connectivity index (χ4n) is 0.771. The molecule has 0 bridgehead atoms. The first-order chi connectivity index (χ1) is 5.02. The Morgan fingerprint density at radius 3 is 1.62 bits per heavy atom. The number of rotatable bonds is 1. The van der Waals surface area contributed by atoms with E-state index in [-0.39, 0.29) is 36.1 Å². The molecule has 0 aliphatic rings. The van der Waals surface area contributed by atoms with Crippen molar-refractivity contribution in [2.45, 2.75) is 9.79 Å². The molecule has 0 aromatic heterocycles. The van der Waals surface area contributed by atoms with Crippen LogP contribution < -0.4 is 0 Å². The molecule has 0 fully saturated rings. The minimum atomic E-state index is -3.11. The van der Waals surface area contributed by atoms with E-state index < -0.39 is 9.84 Å². The molecule has 0 heterocycles. The predicted molar refractivity (Wildman–Crippen MR) is 64.1 cm³/mol. The molecule has 16 heavy (non-hydrogen) atoms. The summed E-state index contributed by atoms with van der Waals surface area (Å²) in [7, 11) is -3.11. The van der Waals surface area contributed by atoms with Crippen molar-refractivity contribution in [2.24, 2.45) is 0 Å². The van der Waals surface area contributed by atoms with Crippen LogP contribution in [0.15, 0.2) is 34.1 Å². The van der Waals surface area contributed by atoms with E-state index in [0.29, 0.717) is 4.90 Å². The summed E-state index contributed by atoms with van der Waals surface area (Å²) >= 11 is 4.01. The molecule has 0 amide bonds. The molecule has 0 unspecified atom stereocenters. The minimum absolute atomic E-state index is 0. The van der Waals surface area contributed by atoms with Crippen LogP contribution in [0.5, 0.6) is 0 Å². The maximum atomic E-state index is 11.0. The van der Waals surface area contributed by atoms with Crippen LogP contribution in [-0.2, 0) is 9.84 Å². The lowest BCUT2D eigenvalue weighted by Gasteiger charge is -1.99. The molecular formula is C7H13ClF4O2S2. The van der Waals surface area contributed by atoms with Crippen molar-refractivity contribution in [1.29, 1.82) is 0 Å². The Morgan fingerprint density at radius 2 is 1.38 bits per heavy atom. The summed E-state index contributed by atoms with van der Waals surface area (Å²) in [5.74, 6) is 0. The maximum absolute atomic E-state index is 11.0. The Morgan fingerprint density at radius 1 is 1.00 bits per heavy atom. The van der Waals surface area contributed by atoms with Crippen molar-refractivity contribution in [2.75, 3.05) is 6.26 Å². The molecule has 9 heteroatoms. The fraction of sp³-hybridized carbons (Fsp3) is 0.143. The third-order valence-corrected chi connectivity index (χ3v) is 2.96. The lowest BCUT2D eigenvalue weighted by molar-refractivity contribution is 0.600. The van der Waals surface area contributed by atoms with E-state index in [1.54, 1.807) is 18.2 Å². The van der Waals surface area contributed by atoms with Gasteiger partial charge >= 0.3 is 0 Å². The van der Waals surface area contributed by atoms with Crippen molar-refractivity contribution in [3.63, 3.8) is 0 Å². The van der Waals surface area contributed by atoms with Gasteiger partial charge in [-0.15, -0.1) is 25.0 Å². The molecular weight excluding hydrogens is 292 g/mol. The summed E-state index contributed by atoms with van der Waals surface area (Å²) in [5.41, 5.74) is 0. The molecule has 0 radical (unpaired) electrons. The minimum Gasteiger partial charge on any atom is -0.269 e. The largest absolute Gasteiger partial charge is 0.269 e. The van der Waals surface area contributed by atoms with Gasteiger partial charge in [-0.1, -0.05) is 12.1 Å². The third-order valence-electron chi connectivity index (χ3n) is 1.26. The van der Waals surface area contributed by atoms with E-state index in [0.717, 1.165) is 0 Å². The standard InChI is InChI=1S/C7H8O2S2.ClH.4FH/c1-11(8,9)7-5-3-2-4-6(7)10;;;;;/h2-5,10H,1H3;5*1H. The monoisotopic (exact) mass is 304 g/mol. The van der Waals surface area contributed by atoms with Gasteiger partial charge in [-0.2, -0.15) is 0 Å². The van der Waals surface area contributed by atoms with Gasteiger partial charge in [-0.3, -0.25) is 18.8 Å². The van der Waals surface area contributed by atoms with Crippen LogP contribution in [0.3, 0.4) is 0 Å². The average Bonchev–Trinajstić information content (AvgIpc) is 1.86. The quantitative estimate of drug-likeness (QED) is 0.638. The van der Waals surface area contributed by atoms with Crippen LogP contribution in [-0.4, -0.2) is 14.7 Å². The van der Waals surface area contributed by atoms with Crippen LogP contribution in [0.25, 0.3) is 0 Å². The highest BCUT2D eigenvalue weighted by atomic mass is 35.5. The number of sulfone groups is 1. The first kappa shape index (κ1) is 29.6. The number of halogens is 5. The van der Waals surface area contributed by atoms with Gasteiger partial charge in [-0.25, -0.2) is 8.42 Å². The van der Waals surface area contributed by atoms with Crippen LogP contribution in [0.2, 0.25) is 0 Å². The number of thiol groups is 1. The van der Waals surface area contributed by atoms with Gasteiger partial charge in [0.2, 0.25) is 0 Å². The topological polar surface area (TPSA) is 34.1 Å². The molecule has 0 atom stereocenters. The lowest BCUT2D eigenvalue weighted by Crippen LogP contribution is -1.97. The zero-order valence-corrected chi connectivity index (χ0v) is 10.6. The molecule has 100 valence electrons. The van der Waals surface area contributed by atoms with E-state index in [2.05, 4.69) is 12.6 Å². The predicted octanol–water partition coefficient (Wildman–Crippen LogP) is 2.41. The first-order valence-corrected chi connectivity index (χ1v) is 5.34. The van der Waals surface area contributed by atoms with E-state index in [1.165, 1.54) is 12.3 Å². The molecule has 0 aliphatic heterocycles. The van der Waals surface area contributed by atoms with Gasteiger partial charge in [0.1, 0.15) is 0 Å². The normalized spacial score (nSPS) is 7.88. The molecule has 0 aliphatic carbocycles. The van der Waals surface area contributed by atoms with E-state index >= 15 is 0 Å². The summed E-state index contributed by atoms with van der Waals surface area (Å²) in [5, 5.41) is 0. The summed E-state index contributed by atoms with van der Waals surface area (Å²) < 4.78 is 22.0. The Hall–Kier alpha value is -0.470. The fourth-order valence-corrected chi connectivity index (χ4v) is 2.20. The van der Waals surface area contributed by atoms with Crippen LogP contribution in [0, 0.1) is 0 Å². The maximum Gasteiger partial charge on any atom is 0.176 e. The zero-order valence-electron chi connectivity index (χ0n) is 8.02. The number of hydrogen-bond donors (Lipinski definition) is 1. The summed E-state index contributed by atoms with van der Waals surface area (Å²) in [6.45, 7) is 0. The van der Waals surface area contributed by atoms with Crippen molar-refractivity contribution < 1.29 is 27.2 Å². The van der Waals surface area contributed by atoms with Gasteiger partial charge in [0.05, 0.1) is 4.90 Å². The van der Waals surface area contributed by atoms with Crippen molar-refractivity contribution in [3.8, 4) is 0 Å². The van der Waals surface area contributed by atoms with Gasteiger partial charge in [0, 0.05) is 11.2 Å². The van der Waals surface area contributed by atoms with E-state index in [1.807, 2.05) is 0 Å². The highest BCUT2D eigenvalue weighted by molar-refractivity contribution is 7.91. The lowest BCUT2D eigenvalue weighted by atomic mass is 10.4. The van der Waals surface area contributed by atoms with Crippen LogP contribution in [0.4, 0.5) is 18.8 Å². The van der Waals surface area contributed by atoms with Gasteiger partial charge in [0.15, 0.2) is 9.84 Å². The summed E-state index contributed by atoms with van der Waals surface area (Å²) in [6.07, 6.45) is 1.17. The van der Waals surface area contributed by atoms with Gasteiger partial charge < -0.3 is 0 Å². The smallest absolute Gasteiger partial charge is 0.176 e. The average molecular weight is 305 g/mol. The van der Waals surface area contributed by atoms with E-state index in [4.69, 9.17) is 0 Å². The molecule has 0 saturated carbocycles. The zero-order chi connectivity index (χ0) is 8.48. The van der Waals surface area contributed by atoms with Crippen molar-refractivity contribution in [1.82, 2.24) is 0 Å². The Kier molecular flexibility index (Phi) is 20.4. The third kappa shape index (κ3) is 7.77. The molecule has 0 spiro atoms. The summed E-state index contributed by atoms with van der Waals surface area (Å²) in [6, 6.07) is 6.62. The van der Waals surface area contributed by atoms with Gasteiger partial charge in [-0.05, 0) is 12.1 Å². The van der Waals surface area contributed by atoms with Crippen LogP contribution >= 0.6 is 25.0 Å². The van der Waals surface area contributed by atoms with Gasteiger partial charge in [0.25, 0.3) is 0 Å². The molecule has 0 saturated heterocycles. The Labute approximate surface area is 103 Å². The number of benzene rings is 1. The second-order valence-corrected chi connectivity index (χ2v) is 4.71. The molecule has 1 rings (SSSR count). The number of hydrogen-bond acceptors (Lipinski definition) is 3. The SMILES string of the molecule is CS(=O)(=O)c1ccccc1S.Cl.F.F.F.F. The molecule has 1 aromatic carbocycles. The second-order valence-electron chi connectivity index (χ2n) is 2.24.